The van der Waals surface area contributed by atoms with Gasteiger partial charge in [0, 0.05) is 25.2 Å². The summed E-state index contributed by atoms with van der Waals surface area (Å²) in [6, 6.07) is 19.4. The van der Waals surface area contributed by atoms with E-state index >= 15 is 0 Å². The number of hydrogen-bond donors (Lipinski definition) is 1. The minimum Gasteiger partial charge on any atom is -0.486 e. The Morgan fingerprint density at radius 3 is 2.08 bits per heavy atom. The van der Waals surface area contributed by atoms with Crippen LogP contribution in [0.3, 0.4) is 0 Å². The molecule has 0 aliphatic carbocycles. The van der Waals surface area contributed by atoms with Crippen LogP contribution >= 0.6 is 0 Å². The van der Waals surface area contributed by atoms with E-state index in [-0.39, 0.29) is 29.4 Å². The van der Waals surface area contributed by atoms with E-state index in [0.717, 1.165) is 8.61 Å². The van der Waals surface area contributed by atoms with Crippen LogP contribution in [0.2, 0.25) is 0 Å². The highest BCUT2D eigenvalue weighted by molar-refractivity contribution is 7.89. The normalized spacial score (nSPS) is 18.7. The highest BCUT2D eigenvalue weighted by atomic mass is 32.2. The number of nitrogens with one attached hydrogen (secondary N) is 1. The van der Waals surface area contributed by atoms with E-state index in [1.54, 1.807) is 61.5 Å². The van der Waals surface area contributed by atoms with Crippen LogP contribution in [0.15, 0.2) is 93.8 Å². The molecule has 0 unspecified atom stereocenters. The molecule has 1 fully saturated rings. The molecule has 0 spiro atoms. The van der Waals surface area contributed by atoms with Crippen LogP contribution in [-0.2, 0) is 24.8 Å². The topological polar surface area (TPSA) is 135 Å². The summed E-state index contributed by atoms with van der Waals surface area (Å²) < 4.78 is 67.0. The molecule has 0 saturated carbocycles. The van der Waals surface area contributed by atoms with Gasteiger partial charge in [-0.25, -0.2) is 22.3 Å². The Labute approximate surface area is 233 Å². The first-order valence-corrected chi connectivity index (χ1v) is 15.4. The van der Waals surface area contributed by atoms with Gasteiger partial charge in [0.1, 0.15) is 19.3 Å². The van der Waals surface area contributed by atoms with Crippen LogP contribution < -0.4 is 14.9 Å². The summed E-state index contributed by atoms with van der Waals surface area (Å²) in [7, 11) is -8.09. The minimum absolute atomic E-state index is 0.00289. The van der Waals surface area contributed by atoms with Crippen molar-refractivity contribution in [2.75, 3.05) is 32.8 Å². The van der Waals surface area contributed by atoms with Crippen LogP contribution in [0.1, 0.15) is 12.5 Å². The number of sulfonamides is 2. The monoisotopic (exact) mass is 584 g/mol. The number of ether oxygens (including phenoxy) is 2. The third-order valence-corrected chi connectivity index (χ3v) is 10.4. The van der Waals surface area contributed by atoms with Gasteiger partial charge in [-0.3, -0.25) is 4.79 Å². The van der Waals surface area contributed by atoms with E-state index in [0.29, 0.717) is 36.0 Å². The Kier molecular flexibility index (Phi) is 7.90. The van der Waals surface area contributed by atoms with Crippen molar-refractivity contribution in [2.24, 2.45) is 5.10 Å². The third-order valence-electron chi connectivity index (χ3n) is 6.62. The minimum atomic E-state index is -4.12. The molecular weight excluding hydrogens is 556 g/mol. The molecule has 3 aromatic carbocycles. The standard InChI is InChI=1S/C27H28N4O7S2/c1-20(21-12-13-25-26(18-21)38-17-16-37-25)28-29-27(32)24-19-30(39(33,34)22-8-4-2-5-9-22)14-15-31(24)40(35,36)23-10-6-3-7-11-23/h2-13,18,24H,14-17,19H2,1H3,(H,29,32)/b28-20-/t24-/m1/s1. The highest BCUT2D eigenvalue weighted by Crippen LogP contribution is 2.31. The molecule has 0 bridgehead atoms. The molecule has 13 heteroatoms. The summed E-state index contributed by atoms with van der Waals surface area (Å²) in [6.07, 6.45) is 0. The van der Waals surface area contributed by atoms with Crippen molar-refractivity contribution >= 4 is 31.7 Å². The van der Waals surface area contributed by atoms with Gasteiger partial charge in [0.15, 0.2) is 11.5 Å². The maximum Gasteiger partial charge on any atom is 0.259 e. The van der Waals surface area contributed by atoms with E-state index in [2.05, 4.69) is 10.5 Å². The Morgan fingerprint density at radius 1 is 0.825 bits per heavy atom. The molecule has 0 radical (unpaired) electrons. The average Bonchev–Trinajstić information content (AvgIpc) is 3.00. The lowest BCUT2D eigenvalue weighted by Crippen LogP contribution is -2.60. The molecule has 2 aliphatic heterocycles. The molecule has 5 rings (SSSR count). The van der Waals surface area contributed by atoms with Crippen molar-refractivity contribution < 1.29 is 31.1 Å². The van der Waals surface area contributed by atoms with Crippen molar-refractivity contribution in [1.29, 1.82) is 0 Å². The number of hydrazone groups is 1. The predicted molar refractivity (Wildman–Crippen MR) is 147 cm³/mol. The van der Waals surface area contributed by atoms with Gasteiger partial charge in [0.25, 0.3) is 5.91 Å². The van der Waals surface area contributed by atoms with Crippen LogP contribution in [0.5, 0.6) is 11.5 Å². The maximum atomic E-state index is 13.5. The van der Waals surface area contributed by atoms with Gasteiger partial charge in [-0.15, -0.1) is 0 Å². The zero-order valence-electron chi connectivity index (χ0n) is 21.6. The second kappa shape index (κ2) is 11.4. The lowest BCUT2D eigenvalue weighted by molar-refractivity contribution is -0.125. The van der Waals surface area contributed by atoms with E-state index in [1.165, 1.54) is 24.3 Å². The number of nitrogens with zero attached hydrogens (tertiary/aromatic N) is 3. The maximum absolute atomic E-state index is 13.5. The Hall–Kier alpha value is -3.78. The Morgan fingerprint density at radius 2 is 1.43 bits per heavy atom. The molecule has 3 aromatic rings. The van der Waals surface area contributed by atoms with Gasteiger partial charge in [-0.2, -0.15) is 13.7 Å². The van der Waals surface area contributed by atoms with E-state index in [1.807, 2.05) is 0 Å². The van der Waals surface area contributed by atoms with Gasteiger partial charge in [-0.1, -0.05) is 36.4 Å². The third kappa shape index (κ3) is 5.59. The van der Waals surface area contributed by atoms with Crippen molar-refractivity contribution in [3.8, 4) is 11.5 Å². The number of rotatable bonds is 7. The van der Waals surface area contributed by atoms with Crippen LogP contribution in [-0.4, -0.2) is 76.0 Å². The summed E-state index contributed by atoms with van der Waals surface area (Å²) >= 11 is 0. The van der Waals surface area contributed by atoms with Crippen LogP contribution in [0, 0.1) is 0 Å². The summed E-state index contributed by atoms with van der Waals surface area (Å²) in [5.41, 5.74) is 3.55. The average molecular weight is 585 g/mol. The molecule has 210 valence electrons. The molecule has 0 aromatic heterocycles. The molecule has 1 amide bonds. The number of hydrogen-bond acceptors (Lipinski definition) is 8. The summed E-state index contributed by atoms with van der Waals surface area (Å²) in [4.78, 5) is 13.5. The molecule has 1 atom stereocenters. The first kappa shape index (κ1) is 27.8. The van der Waals surface area contributed by atoms with E-state index < -0.39 is 32.0 Å². The van der Waals surface area contributed by atoms with Crippen molar-refractivity contribution in [2.45, 2.75) is 22.8 Å². The predicted octanol–water partition coefficient (Wildman–Crippen LogP) is 2.06. The van der Waals surface area contributed by atoms with Gasteiger partial charge >= 0.3 is 0 Å². The summed E-state index contributed by atoms with van der Waals surface area (Å²) in [5.74, 6) is 0.402. The van der Waals surface area contributed by atoms with Gasteiger partial charge in [0.2, 0.25) is 20.0 Å². The highest BCUT2D eigenvalue weighted by Gasteiger charge is 2.43. The van der Waals surface area contributed by atoms with Crippen molar-refractivity contribution in [1.82, 2.24) is 14.0 Å². The molecule has 1 saturated heterocycles. The molecular formula is C27H28N4O7S2. The zero-order chi connectivity index (χ0) is 28.3. The Balaban J connectivity index is 1.42. The first-order valence-electron chi connectivity index (χ1n) is 12.5. The quantitative estimate of drug-likeness (QED) is 0.332. The molecule has 40 heavy (non-hydrogen) atoms. The fourth-order valence-electron chi connectivity index (χ4n) is 4.48. The molecule has 11 nitrogen and oxygen atoms in total. The summed E-state index contributed by atoms with van der Waals surface area (Å²) in [5, 5.41) is 4.18. The zero-order valence-corrected chi connectivity index (χ0v) is 23.3. The lowest BCUT2D eigenvalue weighted by Gasteiger charge is -2.38. The lowest BCUT2D eigenvalue weighted by atomic mass is 10.1. The van der Waals surface area contributed by atoms with Crippen molar-refractivity contribution in [3.05, 3.63) is 84.4 Å². The van der Waals surface area contributed by atoms with Crippen LogP contribution in [0.25, 0.3) is 0 Å². The molecule has 2 aliphatic rings. The van der Waals surface area contributed by atoms with Crippen molar-refractivity contribution in [3.63, 3.8) is 0 Å². The molecule has 2 heterocycles. The number of amides is 1. The number of piperazine rings is 1. The van der Waals surface area contributed by atoms with E-state index in [9.17, 15) is 21.6 Å². The fourth-order valence-corrected chi connectivity index (χ4v) is 7.53. The second-order valence-electron chi connectivity index (χ2n) is 9.15. The van der Waals surface area contributed by atoms with Crippen LogP contribution in [0.4, 0.5) is 0 Å². The SMILES string of the molecule is C/C(=N/NC(=O)[C@H]1CN(S(=O)(=O)c2ccccc2)CCN1S(=O)(=O)c1ccccc1)c1ccc2c(c1)OCCO2. The van der Waals surface area contributed by atoms with Gasteiger partial charge in [0.05, 0.1) is 15.5 Å². The fraction of sp³-hybridized carbons (Fsp3) is 0.259. The van der Waals surface area contributed by atoms with E-state index in [4.69, 9.17) is 9.47 Å². The first-order chi connectivity index (χ1) is 19.2. The van der Waals surface area contributed by atoms with Gasteiger partial charge < -0.3 is 9.47 Å². The largest absolute Gasteiger partial charge is 0.486 e. The second-order valence-corrected chi connectivity index (χ2v) is 13.0. The number of benzene rings is 3. The summed E-state index contributed by atoms with van der Waals surface area (Å²) in [6.45, 7) is 1.83. The number of fused-ring (bicyclic) bond motifs is 1. The molecule has 1 N–H and O–H groups in total. The van der Waals surface area contributed by atoms with Gasteiger partial charge in [-0.05, 0) is 49.4 Å². The Bertz CT molecular complexity index is 1630. The smallest absolute Gasteiger partial charge is 0.259 e. The number of carbonyl (C=O) groups is 1. The number of carbonyl (C=O) groups excluding carboxylic acids is 1.